The van der Waals surface area contributed by atoms with Gasteiger partial charge in [0.05, 0.1) is 24.6 Å². The van der Waals surface area contributed by atoms with Crippen LogP contribution in [0.1, 0.15) is 50.8 Å². The van der Waals surface area contributed by atoms with Crippen molar-refractivity contribution in [1.29, 1.82) is 5.26 Å². The first kappa shape index (κ1) is 27.9. The van der Waals surface area contributed by atoms with Crippen LogP contribution in [0.4, 0.5) is 14.9 Å². The summed E-state index contributed by atoms with van der Waals surface area (Å²) in [5, 5.41) is 12.8. The Labute approximate surface area is 227 Å². The van der Waals surface area contributed by atoms with Crippen LogP contribution in [-0.2, 0) is 32.8 Å². The van der Waals surface area contributed by atoms with Gasteiger partial charge in [-0.15, -0.1) is 0 Å². The Morgan fingerprint density at radius 3 is 2.54 bits per heavy atom. The summed E-state index contributed by atoms with van der Waals surface area (Å²) >= 11 is 0. The minimum atomic E-state index is -0.935. The predicted molar refractivity (Wildman–Crippen MR) is 143 cm³/mol. The number of carbonyl (C=O) groups excluding carboxylic acids is 3. The monoisotopic (exact) mass is 535 g/mol. The van der Waals surface area contributed by atoms with Crippen molar-refractivity contribution in [3.63, 3.8) is 0 Å². The predicted octanol–water partition coefficient (Wildman–Crippen LogP) is 3.67. The number of primary amides is 1. The molecule has 0 bridgehead atoms. The van der Waals surface area contributed by atoms with Crippen LogP contribution in [0.3, 0.4) is 0 Å². The van der Waals surface area contributed by atoms with E-state index in [1.165, 1.54) is 15.9 Å². The highest BCUT2D eigenvalue weighted by Gasteiger charge is 2.43. The summed E-state index contributed by atoms with van der Waals surface area (Å²) < 4.78 is 19.8. The highest BCUT2D eigenvalue weighted by atomic mass is 19.1. The van der Waals surface area contributed by atoms with Crippen LogP contribution >= 0.6 is 0 Å². The van der Waals surface area contributed by atoms with Crippen LogP contribution in [0.25, 0.3) is 0 Å². The first-order valence-corrected chi connectivity index (χ1v) is 13.0. The van der Waals surface area contributed by atoms with Crippen molar-refractivity contribution in [1.82, 2.24) is 9.80 Å². The molecule has 0 spiro atoms. The molecule has 1 fully saturated rings. The molecule has 1 saturated heterocycles. The molecule has 2 aromatic carbocycles. The average Bonchev–Trinajstić information content (AvgIpc) is 3.52. The fourth-order valence-corrected chi connectivity index (χ4v) is 5.06. The maximum Gasteiger partial charge on any atom is 0.410 e. The number of nitrogens with zero attached hydrogens (tertiary/aromatic N) is 3. The summed E-state index contributed by atoms with van der Waals surface area (Å²) in [7, 11) is 0. The number of fused-ring (bicyclic) bond motifs is 1. The molecule has 2 aromatic rings. The second-order valence-corrected chi connectivity index (χ2v) is 11.1. The number of ether oxygens (including phenoxy) is 1. The van der Waals surface area contributed by atoms with Crippen molar-refractivity contribution in [2.75, 3.05) is 11.9 Å². The molecule has 0 aromatic heterocycles. The highest BCUT2D eigenvalue weighted by Crippen LogP contribution is 2.29. The second kappa shape index (κ2) is 10.9. The Kier molecular flexibility index (Phi) is 7.82. The van der Waals surface area contributed by atoms with Gasteiger partial charge >= 0.3 is 6.09 Å². The summed E-state index contributed by atoms with van der Waals surface area (Å²) in [6, 6.07) is 12.7. The lowest BCUT2D eigenvalue weighted by molar-refractivity contribution is -0.138. The van der Waals surface area contributed by atoms with E-state index in [1.807, 2.05) is 52.0 Å². The summed E-state index contributed by atoms with van der Waals surface area (Å²) in [5.74, 6) is -1.55. The smallest absolute Gasteiger partial charge is 0.410 e. The maximum absolute atomic E-state index is 14.1. The number of nitrogens with two attached hydrogens (primary N) is 1. The second-order valence-electron chi connectivity index (χ2n) is 11.1. The van der Waals surface area contributed by atoms with Gasteiger partial charge in [-0.3, -0.25) is 14.5 Å². The van der Waals surface area contributed by atoms with Gasteiger partial charge in [-0.1, -0.05) is 38.1 Å². The largest absolute Gasteiger partial charge is 0.444 e. The zero-order chi connectivity index (χ0) is 28.5. The normalized spacial score (nSPS) is 19.4. The number of likely N-dealkylation sites (tertiary alicyclic amines) is 1. The number of benzene rings is 2. The molecular formula is C29H34FN5O4. The summed E-state index contributed by atoms with van der Waals surface area (Å²) in [6.07, 6.45) is -1.29. The van der Waals surface area contributed by atoms with Gasteiger partial charge in [0.2, 0.25) is 11.8 Å². The molecule has 3 amide bonds. The van der Waals surface area contributed by atoms with Crippen LogP contribution in [0.2, 0.25) is 0 Å². The van der Waals surface area contributed by atoms with E-state index in [-0.39, 0.29) is 43.7 Å². The number of hydrogen-bond acceptors (Lipinski definition) is 6. The SMILES string of the molecule is CC(C)[C@H](Nc1cccc(C(C)(C)C#N)c1)C(=O)N1C[C@H](OC(=O)N2Cc3cccc(F)c3C2)C[C@H]1C(N)=O. The van der Waals surface area contributed by atoms with Gasteiger partial charge in [0.25, 0.3) is 0 Å². The molecule has 4 rings (SSSR count). The standard InChI is InChI=1S/C29H34FN5O4/c1-17(2)25(33-20-9-6-8-19(11-20)29(3,4)16-31)27(37)35-14-21(12-24(35)26(32)36)39-28(38)34-13-18-7-5-10-23(30)22(18)15-34/h5-11,17,21,24-25,33H,12-15H2,1-4H3,(H2,32,36)/t21-,24+,25+/m1/s1. The Hall–Kier alpha value is -4.13. The number of carbonyl (C=O) groups is 3. The third-order valence-electron chi connectivity index (χ3n) is 7.44. The first-order valence-electron chi connectivity index (χ1n) is 13.0. The quantitative estimate of drug-likeness (QED) is 0.557. The van der Waals surface area contributed by atoms with E-state index in [1.54, 1.807) is 12.1 Å². The minimum absolute atomic E-state index is 0.0136. The lowest BCUT2D eigenvalue weighted by Crippen LogP contribution is -2.51. The number of rotatable bonds is 7. The molecule has 9 nitrogen and oxygen atoms in total. The van der Waals surface area contributed by atoms with Crippen molar-refractivity contribution in [2.24, 2.45) is 11.7 Å². The molecule has 39 heavy (non-hydrogen) atoms. The van der Waals surface area contributed by atoms with Gasteiger partial charge in [-0.05, 0) is 49.1 Å². The molecule has 2 heterocycles. The fraction of sp³-hybridized carbons (Fsp3) is 0.448. The van der Waals surface area contributed by atoms with Gasteiger partial charge in [0.1, 0.15) is 24.0 Å². The van der Waals surface area contributed by atoms with E-state index >= 15 is 0 Å². The van der Waals surface area contributed by atoms with Crippen molar-refractivity contribution in [2.45, 2.75) is 70.8 Å². The van der Waals surface area contributed by atoms with E-state index in [0.717, 1.165) is 11.1 Å². The Bertz CT molecular complexity index is 1320. The van der Waals surface area contributed by atoms with Crippen LogP contribution in [-0.4, -0.2) is 52.4 Å². The molecule has 3 atom stereocenters. The molecular weight excluding hydrogens is 501 g/mol. The van der Waals surface area contributed by atoms with Crippen molar-refractivity contribution in [3.05, 3.63) is 65.0 Å². The van der Waals surface area contributed by atoms with Crippen molar-refractivity contribution >= 4 is 23.6 Å². The third kappa shape index (κ3) is 5.82. The zero-order valence-corrected chi connectivity index (χ0v) is 22.6. The summed E-state index contributed by atoms with van der Waals surface area (Å²) in [6.45, 7) is 7.73. The Balaban J connectivity index is 1.46. The van der Waals surface area contributed by atoms with Gasteiger partial charge in [0.15, 0.2) is 0 Å². The van der Waals surface area contributed by atoms with E-state index in [2.05, 4.69) is 11.4 Å². The molecule has 0 aliphatic carbocycles. The lowest BCUT2D eigenvalue weighted by atomic mass is 9.86. The van der Waals surface area contributed by atoms with Gasteiger partial charge in [-0.25, -0.2) is 9.18 Å². The zero-order valence-electron chi connectivity index (χ0n) is 22.6. The molecule has 206 valence electrons. The lowest BCUT2D eigenvalue weighted by Gasteiger charge is -2.30. The van der Waals surface area contributed by atoms with Gasteiger partial charge in [-0.2, -0.15) is 5.26 Å². The Morgan fingerprint density at radius 1 is 1.18 bits per heavy atom. The topological polar surface area (TPSA) is 129 Å². The summed E-state index contributed by atoms with van der Waals surface area (Å²) in [4.78, 5) is 41.7. The molecule has 3 N–H and O–H groups in total. The molecule has 0 unspecified atom stereocenters. The minimum Gasteiger partial charge on any atom is -0.444 e. The number of halogens is 1. The molecule has 2 aliphatic heterocycles. The summed E-state index contributed by atoms with van der Waals surface area (Å²) in [5.41, 5.74) is 7.59. The van der Waals surface area contributed by atoms with E-state index in [0.29, 0.717) is 11.3 Å². The van der Waals surface area contributed by atoms with Crippen LogP contribution in [0, 0.1) is 23.1 Å². The van der Waals surface area contributed by atoms with Crippen molar-refractivity contribution in [3.8, 4) is 6.07 Å². The van der Waals surface area contributed by atoms with Crippen molar-refractivity contribution < 1.29 is 23.5 Å². The Morgan fingerprint density at radius 2 is 1.90 bits per heavy atom. The number of anilines is 1. The number of amides is 3. The number of nitrogens with one attached hydrogen (secondary N) is 1. The maximum atomic E-state index is 14.1. The average molecular weight is 536 g/mol. The fourth-order valence-electron chi connectivity index (χ4n) is 5.06. The first-order chi connectivity index (χ1) is 18.4. The van der Waals surface area contributed by atoms with Crippen LogP contribution in [0.15, 0.2) is 42.5 Å². The number of hydrogen-bond donors (Lipinski definition) is 2. The van der Waals surface area contributed by atoms with E-state index in [9.17, 15) is 24.0 Å². The molecule has 2 aliphatic rings. The van der Waals surface area contributed by atoms with Crippen LogP contribution in [0.5, 0.6) is 0 Å². The van der Waals surface area contributed by atoms with Gasteiger partial charge < -0.3 is 20.7 Å². The third-order valence-corrected chi connectivity index (χ3v) is 7.44. The molecule has 10 heteroatoms. The van der Waals surface area contributed by atoms with Gasteiger partial charge in [0, 0.05) is 24.2 Å². The highest BCUT2D eigenvalue weighted by molar-refractivity contribution is 5.91. The molecule has 0 radical (unpaired) electrons. The number of nitriles is 1. The van der Waals surface area contributed by atoms with Crippen LogP contribution < -0.4 is 11.1 Å². The molecule has 0 saturated carbocycles. The van der Waals surface area contributed by atoms with E-state index < -0.39 is 35.6 Å². The van der Waals surface area contributed by atoms with E-state index in [4.69, 9.17) is 10.5 Å².